The zero-order valence-corrected chi connectivity index (χ0v) is 16.7. The summed E-state index contributed by atoms with van der Waals surface area (Å²) in [5, 5.41) is 10.6. The first-order valence-corrected chi connectivity index (χ1v) is 10.3. The lowest BCUT2D eigenvalue weighted by atomic mass is 10.2. The SMILES string of the molecule is CN=C(NCc1nc(-c2ccccc2)cs1)N1CCN(Cc2ccon2)CC1. The van der Waals surface area contributed by atoms with E-state index in [-0.39, 0.29) is 0 Å². The second-order valence-corrected chi connectivity index (χ2v) is 7.59. The molecule has 0 saturated carbocycles. The molecule has 0 aliphatic carbocycles. The molecular formula is C20H24N6OS. The van der Waals surface area contributed by atoms with Crippen LogP contribution in [-0.2, 0) is 13.1 Å². The molecule has 0 bridgehead atoms. The van der Waals surface area contributed by atoms with E-state index in [4.69, 9.17) is 9.51 Å². The zero-order chi connectivity index (χ0) is 19.2. The Morgan fingerprint density at radius 1 is 1.18 bits per heavy atom. The number of hydrogen-bond donors (Lipinski definition) is 1. The number of piperazine rings is 1. The number of nitrogens with one attached hydrogen (secondary N) is 1. The van der Waals surface area contributed by atoms with Crippen LogP contribution in [0.25, 0.3) is 11.3 Å². The van der Waals surface area contributed by atoms with Gasteiger partial charge in [-0.2, -0.15) is 0 Å². The summed E-state index contributed by atoms with van der Waals surface area (Å²) in [6, 6.07) is 12.2. The molecule has 0 spiro atoms. The largest absolute Gasteiger partial charge is 0.364 e. The number of aromatic nitrogens is 2. The molecular weight excluding hydrogens is 372 g/mol. The van der Waals surface area contributed by atoms with E-state index in [9.17, 15) is 0 Å². The van der Waals surface area contributed by atoms with Crippen molar-refractivity contribution < 1.29 is 4.52 Å². The molecule has 1 fully saturated rings. The summed E-state index contributed by atoms with van der Waals surface area (Å²) in [7, 11) is 1.83. The molecule has 0 amide bonds. The summed E-state index contributed by atoms with van der Waals surface area (Å²) in [5.74, 6) is 0.928. The van der Waals surface area contributed by atoms with Crippen LogP contribution in [0, 0.1) is 0 Å². The highest BCUT2D eigenvalue weighted by molar-refractivity contribution is 7.09. The third-order valence-corrected chi connectivity index (χ3v) is 5.63. The lowest BCUT2D eigenvalue weighted by Gasteiger charge is -2.36. The third-order valence-electron chi connectivity index (χ3n) is 4.78. The normalized spacial score (nSPS) is 15.8. The van der Waals surface area contributed by atoms with E-state index < -0.39 is 0 Å². The standard InChI is InChI=1S/C20H24N6OS/c1-21-20(26-10-8-25(9-11-26)14-17-7-12-27-24-17)22-13-19-23-18(15-28-19)16-5-3-2-4-6-16/h2-7,12,15H,8-11,13-14H2,1H3,(H,21,22). The van der Waals surface area contributed by atoms with Crippen LogP contribution in [0.2, 0.25) is 0 Å². The highest BCUT2D eigenvalue weighted by atomic mass is 32.1. The van der Waals surface area contributed by atoms with E-state index in [2.05, 4.69) is 42.8 Å². The van der Waals surface area contributed by atoms with E-state index in [0.717, 1.165) is 60.6 Å². The molecule has 0 atom stereocenters. The maximum absolute atomic E-state index is 4.92. The van der Waals surface area contributed by atoms with Crippen molar-refractivity contribution >= 4 is 17.3 Å². The minimum atomic E-state index is 0.684. The van der Waals surface area contributed by atoms with Crippen LogP contribution in [-0.4, -0.2) is 59.1 Å². The molecule has 146 valence electrons. The van der Waals surface area contributed by atoms with Gasteiger partial charge in [-0.05, 0) is 0 Å². The van der Waals surface area contributed by atoms with Gasteiger partial charge in [0.25, 0.3) is 0 Å². The molecule has 3 aromatic rings. The molecule has 0 radical (unpaired) electrons. The van der Waals surface area contributed by atoms with E-state index >= 15 is 0 Å². The number of hydrogen-bond acceptors (Lipinski definition) is 6. The summed E-state index contributed by atoms with van der Waals surface area (Å²) in [6.45, 7) is 5.34. The van der Waals surface area contributed by atoms with Crippen molar-refractivity contribution in [2.45, 2.75) is 13.1 Å². The smallest absolute Gasteiger partial charge is 0.194 e. The van der Waals surface area contributed by atoms with Crippen molar-refractivity contribution in [3.05, 3.63) is 58.7 Å². The number of guanidine groups is 1. The van der Waals surface area contributed by atoms with Gasteiger partial charge in [0.05, 0.1) is 17.9 Å². The molecule has 1 saturated heterocycles. The van der Waals surface area contributed by atoms with Crippen molar-refractivity contribution in [3.63, 3.8) is 0 Å². The van der Waals surface area contributed by atoms with Crippen molar-refractivity contribution in [1.82, 2.24) is 25.3 Å². The lowest BCUT2D eigenvalue weighted by Crippen LogP contribution is -2.52. The van der Waals surface area contributed by atoms with Crippen molar-refractivity contribution in [1.29, 1.82) is 0 Å². The van der Waals surface area contributed by atoms with Crippen LogP contribution in [0.1, 0.15) is 10.7 Å². The van der Waals surface area contributed by atoms with Gasteiger partial charge >= 0.3 is 0 Å². The Balaban J connectivity index is 1.28. The fraction of sp³-hybridized carbons (Fsp3) is 0.350. The molecule has 8 heteroatoms. The first kappa shape index (κ1) is 18.6. The summed E-state index contributed by atoms with van der Waals surface area (Å²) < 4.78 is 4.92. The summed E-state index contributed by atoms with van der Waals surface area (Å²) in [4.78, 5) is 13.9. The van der Waals surface area contributed by atoms with Crippen LogP contribution < -0.4 is 5.32 Å². The molecule has 0 unspecified atom stereocenters. The van der Waals surface area contributed by atoms with Crippen LogP contribution in [0.15, 0.2) is 57.6 Å². The summed E-state index contributed by atoms with van der Waals surface area (Å²) in [5.41, 5.74) is 3.16. The maximum Gasteiger partial charge on any atom is 0.194 e. The van der Waals surface area contributed by atoms with Gasteiger partial charge in [-0.3, -0.25) is 9.89 Å². The van der Waals surface area contributed by atoms with E-state index in [1.54, 1.807) is 17.6 Å². The molecule has 2 aromatic heterocycles. The fourth-order valence-electron chi connectivity index (χ4n) is 3.29. The van der Waals surface area contributed by atoms with Gasteiger partial charge in [-0.25, -0.2) is 4.98 Å². The highest BCUT2D eigenvalue weighted by Crippen LogP contribution is 2.21. The summed E-state index contributed by atoms with van der Waals surface area (Å²) >= 11 is 1.67. The molecule has 1 aliphatic heterocycles. The Bertz CT molecular complexity index is 885. The fourth-order valence-corrected chi connectivity index (χ4v) is 4.03. The average molecular weight is 397 g/mol. The quantitative estimate of drug-likeness (QED) is 0.528. The van der Waals surface area contributed by atoms with Crippen LogP contribution in [0.3, 0.4) is 0 Å². The van der Waals surface area contributed by atoms with E-state index in [1.807, 2.05) is 31.3 Å². The molecule has 7 nitrogen and oxygen atoms in total. The number of rotatable bonds is 5. The number of thiazole rings is 1. The number of benzene rings is 1. The molecule has 28 heavy (non-hydrogen) atoms. The van der Waals surface area contributed by atoms with Crippen LogP contribution >= 0.6 is 11.3 Å². The monoisotopic (exact) mass is 396 g/mol. The molecule has 1 aromatic carbocycles. The van der Waals surface area contributed by atoms with Crippen molar-refractivity contribution in [2.75, 3.05) is 33.2 Å². The lowest BCUT2D eigenvalue weighted by molar-refractivity contribution is 0.169. The predicted molar refractivity (Wildman–Crippen MR) is 111 cm³/mol. The zero-order valence-electron chi connectivity index (χ0n) is 15.9. The van der Waals surface area contributed by atoms with Crippen molar-refractivity contribution in [3.8, 4) is 11.3 Å². The molecule has 4 rings (SSSR count). The van der Waals surface area contributed by atoms with Crippen molar-refractivity contribution in [2.24, 2.45) is 4.99 Å². The topological polar surface area (TPSA) is 69.8 Å². The third kappa shape index (κ3) is 4.58. The van der Waals surface area contributed by atoms with Gasteiger partial charge in [-0.1, -0.05) is 35.5 Å². The van der Waals surface area contributed by atoms with Gasteiger partial charge in [0.15, 0.2) is 5.96 Å². The van der Waals surface area contributed by atoms with Gasteiger partial charge in [-0.15, -0.1) is 11.3 Å². The van der Waals surface area contributed by atoms with Gasteiger partial charge in [0.2, 0.25) is 0 Å². The van der Waals surface area contributed by atoms with Crippen LogP contribution in [0.5, 0.6) is 0 Å². The predicted octanol–water partition coefficient (Wildman–Crippen LogP) is 2.69. The highest BCUT2D eigenvalue weighted by Gasteiger charge is 2.20. The summed E-state index contributed by atoms with van der Waals surface area (Å²) in [6.07, 6.45) is 1.62. The Morgan fingerprint density at radius 3 is 2.71 bits per heavy atom. The minimum absolute atomic E-state index is 0.684. The van der Waals surface area contributed by atoms with Crippen LogP contribution in [0.4, 0.5) is 0 Å². The van der Waals surface area contributed by atoms with Gasteiger partial charge in [0.1, 0.15) is 11.3 Å². The molecule has 1 aliphatic rings. The Labute approximate surface area is 168 Å². The number of nitrogens with zero attached hydrogens (tertiary/aromatic N) is 5. The Hall–Kier alpha value is -2.71. The first-order chi connectivity index (χ1) is 13.8. The molecule has 3 heterocycles. The molecule has 1 N–H and O–H groups in total. The van der Waals surface area contributed by atoms with E-state index in [1.165, 1.54) is 0 Å². The first-order valence-electron chi connectivity index (χ1n) is 9.39. The van der Waals surface area contributed by atoms with E-state index in [0.29, 0.717) is 6.54 Å². The maximum atomic E-state index is 4.92. The van der Waals surface area contributed by atoms with Gasteiger partial charge in [0, 0.05) is 56.8 Å². The Morgan fingerprint density at radius 2 is 2.00 bits per heavy atom. The average Bonchev–Trinajstić information content (AvgIpc) is 3.42. The minimum Gasteiger partial charge on any atom is -0.364 e. The Kier molecular flexibility index (Phi) is 5.98. The van der Waals surface area contributed by atoms with Gasteiger partial charge < -0.3 is 14.7 Å². The second-order valence-electron chi connectivity index (χ2n) is 6.65. The second kappa shape index (κ2) is 8.99. The number of aliphatic imine (C=N–C) groups is 1.